The Kier molecular flexibility index (Phi) is 5.46. The molecule has 0 unspecified atom stereocenters. The normalized spacial score (nSPS) is 23.7. The van der Waals surface area contributed by atoms with Crippen molar-refractivity contribution >= 4 is 16.8 Å². The summed E-state index contributed by atoms with van der Waals surface area (Å²) in [5.41, 5.74) is 2.57. The fourth-order valence-corrected chi connectivity index (χ4v) is 4.96. The maximum Gasteiger partial charge on any atom is 0.272 e. The molecule has 162 valence electrons. The molecule has 2 saturated heterocycles. The van der Waals surface area contributed by atoms with E-state index in [1.807, 2.05) is 48.0 Å². The molecule has 1 aromatic heterocycles. The molecule has 3 atom stereocenters. The fourth-order valence-electron chi connectivity index (χ4n) is 4.96. The topological polar surface area (TPSA) is 59.4 Å². The van der Waals surface area contributed by atoms with Crippen molar-refractivity contribution in [2.75, 3.05) is 13.2 Å². The van der Waals surface area contributed by atoms with Crippen molar-refractivity contribution in [1.29, 1.82) is 0 Å². The lowest BCUT2D eigenvalue weighted by molar-refractivity contribution is -0.0843. The molecule has 0 spiro atoms. The smallest absolute Gasteiger partial charge is 0.272 e. The molecule has 2 aliphatic heterocycles. The van der Waals surface area contributed by atoms with Gasteiger partial charge in [0.05, 0.1) is 18.7 Å². The molecule has 0 aliphatic carbocycles. The maximum absolute atomic E-state index is 13.2. The Hall–Kier alpha value is -2.77. The molecule has 31 heavy (non-hydrogen) atoms. The second-order valence-electron chi connectivity index (χ2n) is 8.47. The predicted octanol–water partition coefficient (Wildman–Crippen LogP) is 3.36. The summed E-state index contributed by atoms with van der Waals surface area (Å²) in [6, 6.07) is 15.1. The lowest BCUT2D eigenvalue weighted by atomic mass is 9.89. The van der Waals surface area contributed by atoms with Gasteiger partial charge in [0.15, 0.2) is 5.69 Å². The van der Waals surface area contributed by atoms with Gasteiger partial charge in [-0.15, -0.1) is 0 Å². The van der Waals surface area contributed by atoms with E-state index in [1.54, 1.807) is 0 Å². The molecular weight excluding hydrogens is 395 g/mol. The SMILES string of the molecule is CCn1nc(C(=O)N[C@H]2C[C@H]3COC[C@@H](C2)N3Cc2ccc(F)cc2)c2ccccc21. The summed E-state index contributed by atoms with van der Waals surface area (Å²) < 4.78 is 20.9. The van der Waals surface area contributed by atoms with Crippen LogP contribution in [0.4, 0.5) is 4.39 Å². The Balaban J connectivity index is 1.30. The number of rotatable bonds is 5. The number of aromatic nitrogens is 2. The van der Waals surface area contributed by atoms with Gasteiger partial charge in [-0.25, -0.2) is 4.39 Å². The number of piperidine rings is 1. The molecule has 2 fully saturated rings. The van der Waals surface area contributed by atoms with Crippen molar-refractivity contribution < 1.29 is 13.9 Å². The van der Waals surface area contributed by atoms with Crippen LogP contribution >= 0.6 is 0 Å². The number of morpholine rings is 1. The van der Waals surface area contributed by atoms with Gasteiger partial charge >= 0.3 is 0 Å². The highest BCUT2D eigenvalue weighted by Gasteiger charge is 2.39. The average molecular weight is 423 g/mol. The molecule has 6 nitrogen and oxygen atoms in total. The number of aryl methyl sites for hydroxylation is 1. The monoisotopic (exact) mass is 422 g/mol. The zero-order valence-corrected chi connectivity index (χ0v) is 17.6. The van der Waals surface area contributed by atoms with Crippen molar-refractivity contribution in [3.63, 3.8) is 0 Å². The van der Waals surface area contributed by atoms with Crippen molar-refractivity contribution in [3.05, 3.63) is 65.6 Å². The number of halogens is 1. The highest BCUT2D eigenvalue weighted by molar-refractivity contribution is 6.05. The number of carbonyl (C=O) groups excluding carboxylic acids is 1. The minimum Gasteiger partial charge on any atom is -0.378 e. The maximum atomic E-state index is 13.2. The Morgan fingerprint density at radius 3 is 2.55 bits per heavy atom. The van der Waals surface area contributed by atoms with Gasteiger partial charge in [-0.2, -0.15) is 5.10 Å². The Labute approximate surface area is 181 Å². The van der Waals surface area contributed by atoms with Crippen LogP contribution in [-0.2, 0) is 17.8 Å². The number of amides is 1. The summed E-state index contributed by atoms with van der Waals surface area (Å²) in [6.45, 7) is 4.82. The average Bonchev–Trinajstić information content (AvgIpc) is 3.15. The van der Waals surface area contributed by atoms with Gasteiger partial charge in [-0.1, -0.05) is 30.3 Å². The molecule has 0 radical (unpaired) electrons. The molecular formula is C24H27FN4O2. The van der Waals surface area contributed by atoms with Gasteiger partial charge in [-0.05, 0) is 43.5 Å². The predicted molar refractivity (Wildman–Crippen MR) is 116 cm³/mol. The highest BCUT2D eigenvalue weighted by Crippen LogP contribution is 2.30. The summed E-state index contributed by atoms with van der Waals surface area (Å²) in [5, 5.41) is 8.69. The molecule has 0 saturated carbocycles. The van der Waals surface area contributed by atoms with Gasteiger partial charge in [-0.3, -0.25) is 14.4 Å². The molecule has 2 aliphatic rings. The molecule has 1 N–H and O–H groups in total. The Morgan fingerprint density at radius 1 is 1.13 bits per heavy atom. The number of fused-ring (bicyclic) bond motifs is 3. The largest absolute Gasteiger partial charge is 0.378 e. The lowest BCUT2D eigenvalue weighted by Gasteiger charge is -2.48. The number of nitrogens with one attached hydrogen (secondary N) is 1. The molecule has 3 aromatic rings. The van der Waals surface area contributed by atoms with Crippen LogP contribution in [0.25, 0.3) is 10.9 Å². The molecule has 3 heterocycles. The fraction of sp³-hybridized carbons (Fsp3) is 0.417. The van der Waals surface area contributed by atoms with Crippen LogP contribution in [0, 0.1) is 5.82 Å². The summed E-state index contributed by atoms with van der Waals surface area (Å²) in [4.78, 5) is 15.6. The molecule has 1 amide bonds. The summed E-state index contributed by atoms with van der Waals surface area (Å²) in [6.07, 6.45) is 1.66. The third kappa shape index (κ3) is 3.95. The van der Waals surface area contributed by atoms with E-state index >= 15 is 0 Å². The van der Waals surface area contributed by atoms with Gasteiger partial charge in [0, 0.05) is 36.6 Å². The zero-order valence-electron chi connectivity index (χ0n) is 17.6. The summed E-state index contributed by atoms with van der Waals surface area (Å²) in [7, 11) is 0. The third-order valence-corrected chi connectivity index (χ3v) is 6.46. The van der Waals surface area contributed by atoms with Crippen molar-refractivity contribution in [1.82, 2.24) is 20.0 Å². The number of carbonyl (C=O) groups is 1. The Bertz CT molecular complexity index is 1070. The van der Waals surface area contributed by atoms with E-state index in [9.17, 15) is 9.18 Å². The molecule has 2 aromatic carbocycles. The van der Waals surface area contributed by atoms with Gasteiger partial charge in [0.25, 0.3) is 5.91 Å². The first kappa shape index (κ1) is 20.2. The van der Waals surface area contributed by atoms with Crippen LogP contribution < -0.4 is 5.32 Å². The highest BCUT2D eigenvalue weighted by atomic mass is 19.1. The number of hydrogen-bond donors (Lipinski definition) is 1. The number of ether oxygens (including phenoxy) is 1. The third-order valence-electron chi connectivity index (χ3n) is 6.46. The summed E-state index contributed by atoms with van der Waals surface area (Å²) >= 11 is 0. The van der Waals surface area contributed by atoms with Crippen LogP contribution in [0.2, 0.25) is 0 Å². The van der Waals surface area contributed by atoms with Crippen molar-refractivity contribution in [3.8, 4) is 0 Å². The Morgan fingerprint density at radius 2 is 1.84 bits per heavy atom. The van der Waals surface area contributed by atoms with E-state index in [0.29, 0.717) is 18.9 Å². The second kappa shape index (κ2) is 8.40. The van der Waals surface area contributed by atoms with Gasteiger partial charge in [0.2, 0.25) is 0 Å². The number of para-hydroxylation sites is 1. The van der Waals surface area contributed by atoms with Crippen molar-refractivity contribution in [2.24, 2.45) is 0 Å². The number of hydrogen-bond acceptors (Lipinski definition) is 4. The van der Waals surface area contributed by atoms with Gasteiger partial charge < -0.3 is 10.1 Å². The minimum absolute atomic E-state index is 0.0846. The zero-order chi connectivity index (χ0) is 21.4. The van der Waals surface area contributed by atoms with E-state index in [4.69, 9.17) is 4.74 Å². The first-order chi connectivity index (χ1) is 15.1. The lowest BCUT2D eigenvalue weighted by Crippen LogP contribution is -2.60. The first-order valence-electron chi connectivity index (χ1n) is 11.0. The second-order valence-corrected chi connectivity index (χ2v) is 8.47. The van der Waals surface area contributed by atoms with E-state index in [0.717, 1.165) is 42.4 Å². The van der Waals surface area contributed by atoms with Gasteiger partial charge in [0.1, 0.15) is 5.82 Å². The quantitative estimate of drug-likeness (QED) is 0.685. The van der Waals surface area contributed by atoms with E-state index in [1.165, 1.54) is 12.1 Å². The van der Waals surface area contributed by atoms with Crippen LogP contribution in [0.5, 0.6) is 0 Å². The van der Waals surface area contributed by atoms with Crippen LogP contribution in [-0.4, -0.2) is 51.9 Å². The van der Waals surface area contributed by atoms with Crippen LogP contribution in [0.3, 0.4) is 0 Å². The number of nitrogens with zero attached hydrogens (tertiary/aromatic N) is 3. The van der Waals surface area contributed by atoms with Crippen molar-refractivity contribution in [2.45, 2.75) is 51.0 Å². The van der Waals surface area contributed by atoms with E-state index in [-0.39, 0.29) is 29.8 Å². The molecule has 5 rings (SSSR count). The number of benzene rings is 2. The minimum atomic E-state index is -0.216. The van der Waals surface area contributed by atoms with Crippen LogP contribution in [0.1, 0.15) is 35.8 Å². The first-order valence-corrected chi connectivity index (χ1v) is 11.0. The van der Waals surface area contributed by atoms with E-state index in [2.05, 4.69) is 15.3 Å². The van der Waals surface area contributed by atoms with E-state index < -0.39 is 0 Å². The molecule has 2 bridgehead atoms. The standard InChI is InChI=1S/C24H27FN4O2/c1-2-29-22-6-4-3-5-21(22)23(27-29)24(30)26-18-11-19-14-31-15-20(12-18)28(19)13-16-7-9-17(25)10-8-16/h3-10,18-20H,2,11-15H2,1H3,(H,26,30)/t18-,19-,20+. The molecule has 7 heteroatoms. The summed E-state index contributed by atoms with van der Waals surface area (Å²) in [5.74, 6) is -0.328. The van der Waals surface area contributed by atoms with Crippen LogP contribution in [0.15, 0.2) is 48.5 Å².